The van der Waals surface area contributed by atoms with Gasteiger partial charge < -0.3 is 14.8 Å². The van der Waals surface area contributed by atoms with E-state index >= 15 is 0 Å². The van der Waals surface area contributed by atoms with E-state index in [1.165, 1.54) is 0 Å². The number of hydrogen-bond donors (Lipinski definition) is 1. The van der Waals surface area contributed by atoms with Gasteiger partial charge in [0.05, 0.1) is 49.3 Å². The lowest BCUT2D eigenvalue weighted by Gasteiger charge is -2.19. The Labute approximate surface area is 150 Å². The van der Waals surface area contributed by atoms with Crippen LogP contribution in [0.4, 0.5) is 0 Å². The molecule has 1 aromatic carbocycles. The van der Waals surface area contributed by atoms with E-state index in [0.29, 0.717) is 19.0 Å². The van der Waals surface area contributed by atoms with E-state index < -0.39 is 0 Å². The summed E-state index contributed by atoms with van der Waals surface area (Å²) >= 11 is 0. The molecule has 26 heavy (non-hydrogen) atoms. The van der Waals surface area contributed by atoms with Crippen molar-refractivity contribution in [2.45, 2.75) is 18.6 Å². The molecule has 0 bridgehead atoms. The van der Waals surface area contributed by atoms with Gasteiger partial charge >= 0.3 is 0 Å². The average molecular weight is 355 g/mol. The summed E-state index contributed by atoms with van der Waals surface area (Å²) < 4.78 is 14.8. The molecule has 0 saturated carbocycles. The maximum absolute atomic E-state index is 12.5. The van der Waals surface area contributed by atoms with E-state index in [0.717, 1.165) is 16.6 Å². The molecule has 1 fully saturated rings. The number of aromatic nitrogens is 4. The zero-order valence-corrected chi connectivity index (χ0v) is 14.8. The number of carbonyl (C=O) groups excluding carboxylic acids is 1. The number of nitrogens with one attached hydrogen (secondary N) is 1. The fourth-order valence-corrected chi connectivity index (χ4v) is 3.25. The summed E-state index contributed by atoms with van der Waals surface area (Å²) in [4.78, 5) is 12.5. The number of rotatable bonds is 5. The Kier molecular flexibility index (Phi) is 4.34. The van der Waals surface area contributed by atoms with Crippen LogP contribution in [0, 0.1) is 0 Å². The van der Waals surface area contributed by atoms with E-state index in [4.69, 9.17) is 9.47 Å². The summed E-state index contributed by atoms with van der Waals surface area (Å²) in [6.07, 6.45) is 3.43. The zero-order chi connectivity index (χ0) is 18.1. The number of para-hydroxylation sites is 1. The Morgan fingerprint density at radius 2 is 2.19 bits per heavy atom. The van der Waals surface area contributed by atoms with E-state index in [-0.39, 0.29) is 24.5 Å². The van der Waals surface area contributed by atoms with E-state index in [9.17, 15) is 4.79 Å². The number of nitrogens with zero attached hydrogens (tertiary/aromatic N) is 4. The van der Waals surface area contributed by atoms with Gasteiger partial charge in [0, 0.05) is 19.5 Å². The van der Waals surface area contributed by atoms with Crippen molar-refractivity contribution in [2.75, 3.05) is 13.2 Å². The summed E-state index contributed by atoms with van der Waals surface area (Å²) in [5.74, 6) is 0.571. The molecule has 0 aliphatic carbocycles. The highest BCUT2D eigenvalue weighted by Gasteiger charge is 2.32. The molecule has 8 heteroatoms. The molecule has 1 amide bonds. The van der Waals surface area contributed by atoms with Crippen molar-refractivity contribution in [1.29, 1.82) is 0 Å². The van der Waals surface area contributed by atoms with Crippen molar-refractivity contribution in [3.05, 3.63) is 42.4 Å². The molecule has 1 aliphatic heterocycles. The number of benzene rings is 1. The van der Waals surface area contributed by atoms with Gasteiger partial charge in [-0.15, -0.1) is 0 Å². The highest BCUT2D eigenvalue weighted by Crippen LogP contribution is 2.19. The summed E-state index contributed by atoms with van der Waals surface area (Å²) in [7, 11) is 3.71. The molecule has 1 aliphatic rings. The minimum atomic E-state index is -0.233. The first-order chi connectivity index (χ1) is 12.6. The molecule has 0 spiro atoms. The molecule has 3 heterocycles. The highest BCUT2D eigenvalue weighted by molar-refractivity contribution is 5.87. The lowest BCUT2D eigenvalue weighted by atomic mass is 10.1. The molecule has 4 rings (SSSR count). The maximum Gasteiger partial charge on any atom is 0.226 e. The predicted molar refractivity (Wildman–Crippen MR) is 94.8 cm³/mol. The van der Waals surface area contributed by atoms with Gasteiger partial charge in [-0.1, -0.05) is 18.2 Å². The first kappa shape index (κ1) is 16.6. The second-order valence-corrected chi connectivity index (χ2v) is 6.48. The Balaban J connectivity index is 1.42. The van der Waals surface area contributed by atoms with Crippen molar-refractivity contribution in [3.8, 4) is 5.75 Å². The van der Waals surface area contributed by atoms with E-state index in [1.807, 2.05) is 38.4 Å². The van der Waals surface area contributed by atoms with Crippen LogP contribution in [0.2, 0.25) is 0 Å². The lowest BCUT2D eigenvalue weighted by Crippen LogP contribution is -2.45. The average Bonchev–Trinajstić information content (AvgIpc) is 3.30. The number of carbonyl (C=O) groups is 1. The molecule has 3 aromatic rings. The van der Waals surface area contributed by atoms with Gasteiger partial charge in [0.1, 0.15) is 6.10 Å². The van der Waals surface area contributed by atoms with Gasteiger partial charge in [0.2, 0.25) is 5.91 Å². The summed E-state index contributed by atoms with van der Waals surface area (Å²) in [6, 6.07) is 7.69. The van der Waals surface area contributed by atoms with Crippen molar-refractivity contribution < 1.29 is 14.3 Å². The largest absolute Gasteiger partial charge is 0.482 e. The lowest BCUT2D eigenvalue weighted by molar-refractivity contribution is -0.121. The van der Waals surface area contributed by atoms with Gasteiger partial charge in [0.25, 0.3) is 0 Å². The molecule has 0 unspecified atom stereocenters. The molecular weight excluding hydrogens is 334 g/mol. The van der Waals surface area contributed by atoms with Gasteiger partial charge in [-0.05, 0) is 6.07 Å². The van der Waals surface area contributed by atoms with Crippen molar-refractivity contribution in [3.63, 3.8) is 0 Å². The smallest absolute Gasteiger partial charge is 0.226 e. The number of fused-ring (bicyclic) bond motifs is 1. The fraction of sp³-hybridized carbons (Fsp3) is 0.389. The predicted octanol–water partition coefficient (Wildman–Crippen LogP) is 0.812. The van der Waals surface area contributed by atoms with Crippen LogP contribution < -0.4 is 10.1 Å². The highest BCUT2D eigenvalue weighted by atomic mass is 16.5. The first-order valence-electron chi connectivity index (χ1n) is 8.53. The minimum absolute atomic E-state index is 0.0934. The van der Waals surface area contributed by atoms with E-state index in [1.54, 1.807) is 21.8 Å². The zero-order valence-electron chi connectivity index (χ0n) is 14.8. The first-order valence-corrected chi connectivity index (χ1v) is 8.53. The topological polar surface area (TPSA) is 83.2 Å². The quantitative estimate of drug-likeness (QED) is 0.732. The summed E-state index contributed by atoms with van der Waals surface area (Å²) in [5, 5.41) is 12.6. The Morgan fingerprint density at radius 1 is 1.35 bits per heavy atom. The molecule has 2 atom stereocenters. The monoisotopic (exact) mass is 355 g/mol. The third-order valence-electron chi connectivity index (χ3n) is 4.51. The number of amides is 1. The summed E-state index contributed by atoms with van der Waals surface area (Å²) in [5.41, 5.74) is 1.78. The number of ether oxygens (including phenoxy) is 2. The molecule has 8 nitrogen and oxygen atoms in total. The van der Waals surface area contributed by atoms with Gasteiger partial charge in [-0.25, -0.2) is 0 Å². The second kappa shape index (κ2) is 6.80. The molecular formula is C18H21N5O3. The summed E-state index contributed by atoms with van der Waals surface area (Å²) in [6.45, 7) is 0.867. The van der Waals surface area contributed by atoms with Crippen LogP contribution in [-0.2, 0) is 30.0 Å². The van der Waals surface area contributed by atoms with Crippen LogP contribution in [0.25, 0.3) is 10.9 Å². The van der Waals surface area contributed by atoms with E-state index in [2.05, 4.69) is 15.5 Å². The van der Waals surface area contributed by atoms with Crippen LogP contribution in [0.15, 0.2) is 36.7 Å². The Morgan fingerprint density at radius 3 is 3.00 bits per heavy atom. The SMILES string of the molecule is Cn1cc(O[C@@H]2COC[C@@H]2NC(=O)Cc2nn(C)c3ccccc23)cn1. The van der Waals surface area contributed by atoms with Crippen LogP contribution in [0.3, 0.4) is 0 Å². The molecule has 136 valence electrons. The second-order valence-electron chi connectivity index (χ2n) is 6.48. The van der Waals surface area contributed by atoms with Gasteiger partial charge in [-0.2, -0.15) is 10.2 Å². The normalized spacial score (nSPS) is 19.8. The number of aryl methyl sites for hydroxylation is 2. The van der Waals surface area contributed by atoms with Gasteiger partial charge in [0.15, 0.2) is 5.75 Å². The van der Waals surface area contributed by atoms with Crippen LogP contribution in [0.5, 0.6) is 5.75 Å². The van der Waals surface area contributed by atoms with Crippen molar-refractivity contribution in [2.24, 2.45) is 14.1 Å². The standard InChI is InChI=1S/C18H21N5O3/c1-22-9-12(8-19-22)26-17-11-25-10-15(17)20-18(24)7-14-13-5-3-4-6-16(13)23(2)21-14/h3-6,8-9,15,17H,7,10-11H2,1-2H3,(H,20,24)/t15-,17+/m0/s1. The Hall–Kier alpha value is -2.87. The molecule has 0 radical (unpaired) electrons. The maximum atomic E-state index is 12.5. The van der Waals surface area contributed by atoms with Crippen molar-refractivity contribution in [1.82, 2.24) is 24.9 Å². The molecule has 1 N–H and O–H groups in total. The molecule has 1 saturated heterocycles. The number of hydrogen-bond acceptors (Lipinski definition) is 5. The van der Waals surface area contributed by atoms with Crippen molar-refractivity contribution >= 4 is 16.8 Å². The minimum Gasteiger partial charge on any atom is -0.482 e. The molecule has 2 aromatic heterocycles. The van der Waals surface area contributed by atoms with Crippen LogP contribution >= 0.6 is 0 Å². The fourth-order valence-electron chi connectivity index (χ4n) is 3.25. The third-order valence-corrected chi connectivity index (χ3v) is 4.51. The Bertz CT molecular complexity index is 932. The third kappa shape index (κ3) is 3.28. The van der Waals surface area contributed by atoms with Crippen LogP contribution in [-0.4, -0.2) is 50.8 Å². The van der Waals surface area contributed by atoms with Gasteiger partial charge in [-0.3, -0.25) is 14.2 Å². The van der Waals surface area contributed by atoms with Crippen LogP contribution in [0.1, 0.15) is 5.69 Å².